The minimum absolute atomic E-state index is 0.0301. The number of hydrogen-bond donors (Lipinski definition) is 0. The van der Waals surface area contributed by atoms with Gasteiger partial charge in [0.1, 0.15) is 0 Å². The molecule has 0 N–H and O–H groups in total. The van der Waals surface area contributed by atoms with Gasteiger partial charge in [0.2, 0.25) is 0 Å². The van der Waals surface area contributed by atoms with Crippen LogP contribution in [0.5, 0.6) is 5.75 Å². The highest BCUT2D eigenvalue weighted by Gasteiger charge is 2.16. The largest absolute Gasteiger partial charge is 0.491 e. The second kappa shape index (κ2) is 4.90. The van der Waals surface area contributed by atoms with Crippen LogP contribution in [-0.4, -0.2) is 12.1 Å². The van der Waals surface area contributed by atoms with Crippen LogP contribution in [0.1, 0.15) is 0 Å². The van der Waals surface area contributed by atoms with Crippen LogP contribution in [0, 0.1) is 5.95 Å². The van der Waals surface area contributed by atoms with E-state index in [1.807, 2.05) is 0 Å². The summed E-state index contributed by atoms with van der Waals surface area (Å²) in [5, 5.41) is 0.864. The van der Waals surface area contributed by atoms with E-state index < -0.39 is 5.95 Å². The van der Waals surface area contributed by atoms with E-state index in [9.17, 15) is 4.39 Å². The van der Waals surface area contributed by atoms with Crippen molar-refractivity contribution in [3.05, 3.63) is 46.5 Å². The monoisotopic (exact) mass is 271 g/mol. The van der Waals surface area contributed by atoms with Gasteiger partial charge in [-0.15, -0.1) is 0 Å². The number of ether oxygens (including phenoxy) is 1. The molecule has 0 radical (unpaired) electrons. The first-order valence-corrected chi connectivity index (χ1v) is 5.53. The third-order valence-electron chi connectivity index (χ3n) is 2.30. The Labute approximate surface area is 108 Å². The molecule has 0 fully saturated rings. The summed E-state index contributed by atoms with van der Waals surface area (Å²) in [6, 6.07) is 6.69. The zero-order valence-corrected chi connectivity index (χ0v) is 10.4. The molecule has 1 aromatic carbocycles. The van der Waals surface area contributed by atoms with Crippen LogP contribution < -0.4 is 4.74 Å². The molecule has 0 spiro atoms. The Kier molecular flexibility index (Phi) is 3.50. The summed E-state index contributed by atoms with van der Waals surface area (Å²) < 4.78 is 18.5. The van der Waals surface area contributed by atoms with Gasteiger partial charge in [0.25, 0.3) is 5.95 Å². The van der Waals surface area contributed by atoms with Crippen LogP contribution in [0.25, 0.3) is 11.1 Å². The second-order valence-electron chi connectivity index (χ2n) is 3.28. The molecule has 88 valence electrons. The quantitative estimate of drug-likeness (QED) is 0.764. The SMILES string of the molecule is COc1c(-c2c(Cl)cccc2Cl)ccnc1F. The van der Waals surface area contributed by atoms with Crippen LogP contribution in [-0.2, 0) is 0 Å². The third kappa shape index (κ3) is 2.21. The van der Waals surface area contributed by atoms with Gasteiger partial charge in [-0.05, 0) is 18.2 Å². The van der Waals surface area contributed by atoms with Gasteiger partial charge >= 0.3 is 0 Å². The van der Waals surface area contributed by atoms with Crippen molar-refractivity contribution in [3.8, 4) is 16.9 Å². The van der Waals surface area contributed by atoms with E-state index in [4.69, 9.17) is 27.9 Å². The van der Waals surface area contributed by atoms with Crippen LogP contribution in [0.2, 0.25) is 10.0 Å². The van der Waals surface area contributed by atoms with Crippen molar-refractivity contribution in [1.29, 1.82) is 0 Å². The molecule has 2 nitrogen and oxygen atoms in total. The molecule has 1 heterocycles. The predicted octanol–water partition coefficient (Wildman–Crippen LogP) is 4.20. The number of pyridine rings is 1. The van der Waals surface area contributed by atoms with Crippen molar-refractivity contribution >= 4 is 23.2 Å². The molecule has 1 aromatic heterocycles. The van der Waals surface area contributed by atoms with Crippen molar-refractivity contribution < 1.29 is 9.13 Å². The molecule has 0 saturated heterocycles. The standard InChI is InChI=1S/C12H8Cl2FNO/c1-17-11-7(5-6-16-12(11)15)10-8(13)3-2-4-9(10)14/h2-6H,1H3. The summed E-state index contributed by atoms with van der Waals surface area (Å²) in [7, 11) is 1.37. The van der Waals surface area contributed by atoms with Crippen molar-refractivity contribution in [2.24, 2.45) is 0 Å². The minimum atomic E-state index is -0.694. The summed E-state index contributed by atoms with van der Waals surface area (Å²) in [5.74, 6) is -0.663. The highest BCUT2D eigenvalue weighted by molar-refractivity contribution is 6.39. The van der Waals surface area contributed by atoms with E-state index in [-0.39, 0.29) is 5.75 Å². The number of benzene rings is 1. The fraction of sp³-hybridized carbons (Fsp3) is 0.0833. The second-order valence-corrected chi connectivity index (χ2v) is 4.09. The zero-order chi connectivity index (χ0) is 12.4. The van der Waals surface area contributed by atoms with E-state index in [1.54, 1.807) is 24.3 Å². The lowest BCUT2D eigenvalue weighted by Crippen LogP contribution is -1.95. The van der Waals surface area contributed by atoms with Crippen molar-refractivity contribution in [3.63, 3.8) is 0 Å². The molecular weight excluding hydrogens is 264 g/mol. The van der Waals surface area contributed by atoms with Gasteiger partial charge in [-0.25, -0.2) is 4.98 Å². The Morgan fingerprint density at radius 2 is 1.82 bits per heavy atom. The predicted molar refractivity (Wildman–Crippen MR) is 66.2 cm³/mol. The maximum Gasteiger partial charge on any atom is 0.255 e. The molecule has 5 heteroatoms. The summed E-state index contributed by atoms with van der Waals surface area (Å²) in [6.07, 6.45) is 1.34. The lowest BCUT2D eigenvalue weighted by atomic mass is 10.1. The maximum absolute atomic E-state index is 13.5. The molecule has 0 aliphatic rings. The van der Waals surface area contributed by atoms with E-state index in [0.717, 1.165) is 0 Å². The van der Waals surface area contributed by atoms with Crippen molar-refractivity contribution in [1.82, 2.24) is 4.98 Å². The molecule has 2 aromatic rings. The first-order valence-electron chi connectivity index (χ1n) is 4.78. The highest BCUT2D eigenvalue weighted by Crippen LogP contribution is 2.39. The lowest BCUT2D eigenvalue weighted by molar-refractivity contribution is 0.379. The Balaban J connectivity index is 2.73. The topological polar surface area (TPSA) is 22.1 Å². The first kappa shape index (κ1) is 12.1. The summed E-state index contributed by atoms with van der Waals surface area (Å²) >= 11 is 12.1. The van der Waals surface area contributed by atoms with Gasteiger partial charge in [0.05, 0.1) is 17.2 Å². The van der Waals surface area contributed by atoms with Crippen molar-refractivity contribution in [2.75, 3.05) is 7.11 Å². The number of methoxy groups -OCH3 is 1. The number of halogens is 3. The first-order chi connectivity index (χ1) is 8.15. The van der Waals surface area contributed by atoms with E-state index >= 15 is 0 Å². The molecule has 0 atom stereocenters. The average Bonchev–Trinajstić information content (AvgIpc) is 2.29. The Morgan fingerprint density at radius 1 is 1.18 bits per heavy atom. The van der Waals surface area contributed by atoms with Crippen LogP contribution >= 0.6 is 23.2 Å². The normalized spacial score (nSPS) is 10.4. The number of hydrogen-bond acceptors (Lipinski definition) is 2. The van der Waals surface area contributed by atoms with Gasteiger partial charge in [-0.2, -0.15) is 4.39 Å². The van der Waals surface area contributed by atoms with E-state index in [1.165, 1.54) is 13.3 Å². The smallest absolute Gasteiger partial charge is 0.255 e. The van der Waals surface area contributed by atoms with Gasteiger partial charge in [0.15, 0.2) is 5.75 Å². The molecule has 2 rings (SSSR count). The zero-order valence-electron chi connectivity index (χ0n) is 8.88. The number of nitrogens with zero attached hydrogens (tertiary/aromatic N) is 1. The van der Waals surface area contributed by atoms with E-state index in [2.05, 4.69) is 4.98 Å². The molecule has 0 amide bonds. The van der Waals surface area contributed by atoms with Crippen LogP contribution in [0.3, 0.4) is 0 Å². The molecule has 17 heavy (non-hydrogen) atoms. The Bertz CT molecular complexity index is 540. The summed E-state index contributed by atoms with van der Waals surface area (Å²) in [6.45, 7) is 0. The molecule has 0 aliphatic carbocycles. The summed E-state index contributed by atoms with van der Waals surface area (Å²) in [4.78, 5) is 3.52. The molecule has 0 unspecified atom stereocenters. The fourth-order valence-electron chi connectivity index (χ4n) is 1.57. The minimum Gasteiger partial charge on any atom is -0.491 e. The van der Waals surface area contributed by atoms with Crippen LogP contribution in [0.15, 0.2) is 30.5 Å². The molecule has 0 saturated carbocycles. The number of rotatable bonds is 2. The van der Waals surface area contributed by atoms with Gasteiger partial charge in [-0.1, -0.05) is 29.3 Å². The maximum atomic E-state index is 13.5. The van der Waals surface area contributed by atoms with E-state index in [0.29, 0.717) is 21.2 Å². The molecule has 0 aliphatic heterocycles. The van der Waals surface area contributed by atoms with Gasteiger partial charge in [0, 0.05) is 17.3 Å². The van der Waals surface area contributed by atoms with Crippen LogP contribution in [0.4, 0.5) is 4.39 Å². The fourth-order valence-corrected chi connectivity index (χ4v) is 2.17. The molecular formula is C12H8Cl2FNO. The molecule has 0 bridgehead atoms. The average molecular weight is 272 g/mol. The summed E-state index contributed by atoms with van der Waals surface area (Å²) in [5.41, 5.74) is 1.02. The van der Waals surface area contributed by atoms with Gasteiger partial charge < -0.3 is 4.74 Å². The van der Waals surface area contributed by atoms with Crippen molar-refractivity contribution in [2.45, 2.75) is 0 Å². The Morgan fingerprint density at radius 3 is 2.41 bits per heavy atom. The third-order valence-corrected chi connectivity index (χ3v) is 2.93. The number of aromatic nitrogens is 1. The highest BCUT2D eigenvalue weighted by atomic mass is 35.5. The Hall–Kier alpha value is -1.32. The van der Waals surface area contributed by atoms with Gasteiger partial charge in [-0.3, -0.25) is 0 Å². The lowest BCUT2D eigenvalue weighted by Gasteiger charge is -2.11.